The van der Waals surface area contributed by atoms with Crippen LogP contribution in [0.1, 0.15) is 25.6 Å². The highest BCUT2D eigenvalue weighted by Crippen LogP contribution is 2.22. The maximum Gasteiger partial charge on any atom is 0.330 e. The van der Waals surface area contributed by atoms with Gasteiger partial charge in [-0.2, -0.15) is 0 Å². The van der Waals surface area contributed by atoms with E-state index in [0.29, 0.717) is 5.56 Å². The van der Waals surface area contributed by atoms with Gasteiger partial charge >= 0.3 is 17.6 Å². The number of nitrogens with zero attached hydrogens (tertiary/aromatic N) is 1. The number of ether oxygens (including phenoxy) is 3. The summed E-state index contributed by atoms with van der Waals surface area (Å²) in [6.45, 7) is 3.90. The molecule has 24 heavy (non-hydrogen) atoms. The lowest BCUT2D eigenvalue weighted by Gasteiger charge is -2.32. The van der Waals surface area contributed by atoms with Gasteiger partial charge < -0.3 is 14.2 Å². The molecular weight excluding hydrogens is 320 g/mol. The number of carbonyl (C=O) groups excluding carboxylic acids is 2. The fourth-order valence-corrected chi connectivity index (χ4v) is 2.20. The summed E-state index contributed by atoms with van der Waals surface area (Å²) in [6.07, 6.45) is 2.07. The van der Waals surface area contributed by atoms with Gasteiger partial charge in [-0.25, -0.2) is 4.79 Å². The second-order valence-electron chi connectivity index (χ2n) is 5.31. The lowest BCUT2D eigenvalue weighted by atomic mass is 10.1. The number of hydrogen-bond acceptors (Lipinski definition) is 7. The second kappa shape index (κ2) is 7.26. The van der Waals surface area contributed by atoms with E-state index in [9.17, 15) is 19.2 Å². The lowest BCUT2D eigenvalue weighted by molar-refractivity contribution is -0.168. The monoisotopic (exact) mass is 338 g/mol. The van der Waals surface area contributed by atoms with E-state index < -0.39 is 41.6 Å². The van der Waals surface area contributed by atoms with Crippen molar-refractivity contribution in [2.24, 2.45) is 0 Å². The molecule has 1 N–H and O–H groups in total. The van der Waals surface area contributed by atoms with E-state index in [2.05, 4.69) is 4.98 Å². The predicted octanol–water partition coefficient (Wildman–Crippen LogP) is -0.207. The van der Waals surface area contributed by atoms with Crippen molar-refractivity contribution in [1.29, 1.82) is 0 Å². The molecule has 2 rings (SSSR count). The van der Waals surface area contributed by atoms with Gasteiger partial charge in [0.05, 0.1) is 0 Å². The number of aromatic amines is 1. The molecule has 0 unspecified atom stereocenters. The average molecular weight is 338 g/mol. The first-order chi connectivity index (χ1) is 11.3. The number of aromatic nitrogens is 2. The topological polar surface area (TPSA) is 117 Å². The predicted molar refractivity (Wildman–Crippen MR) is 81.3 cm³/mol. The van der Waals surface area contributed by atoms with Crippen LogP contribution in [0.3, 0.4) is 0 Å². The Morgan fingerprint density at radius 2 is 1.96 bits per heavy atom. The Morgan fingerprint density at radius 1 is 1.25 bits per heavy atom. The van der Waals surface area contributed by atoms with Crippen molar-refractivity contribution in [2.75, 3.05) is 6.61 Å². The number of nitrogens with one attached hydrogen (secondary N) is 1. The SMILES string of the molecule is CC(=O)OC[C@H]1O[C@@H](n2cc(C)c(=O)[nH]c2=O)C=C[C@@H]1OC(C)=O. The number of H-pyrrole nitrogens is 1. The number of aryl methyl sites for hydroxylation is 1. The van der Waals surface area contributed by atoms with E-state index in [4.69, 9.17) is 14.2 Å². The largest absolute Gasteiger partial charge is 0.463 e. The Labute approximate surface area is 136 Å². The smallest absolute Gasteiger partial charge is 0.330 e. The van der Waals surface area contributed by atoms with Crippen LogP contribution in [-0.2, 0) is 23.8 Å². The fraction of sp³-hybridized carbons (Fsp3) is 0.467. The average Bonchev–Trinajstić information content (AvgIpc) is 2.49. The molecule has 9 nitrogen and oxygen atoms in total. The molecule has 0 aromatic carbocycles. The minimum absolute atomic E-state index is 0.148. The minimum atomic E-state index is -0.833. The number of esters is 2. The summed E-state index contributed by atoms with van der Waals surface area (Å²) in [5.74, 6) is -1.03. The van der Waals surface area contributed by atoms with E-state index in [1.165, 1.54) is 30.7 Å². The van der Waals surface area contributed by atoms with Crippen molar-refractivity contribution < 1.29 is 23.8 Å². The first kappa shape index (κ1) is 17.7. The maximum absolute atomic E-state index is 11.9. The highest BCUT2D eigenvalue weighted by Gasteiger charge is 2.31. The zero-order chi connectivity index (χ0) is 17.9. The highest BCUT2D eigenvalue weighted by molar-refractivity contribution is 5.66. The van der Waals surface area contributed by atoms with Crippen molar-refractivity contribution in [1.82, 2.24) is 9.55 Å². The minimum Gasteiger partial charge on any atom is -0.463 e. The van der Waals surface area contributed by atoms with Gasteiger partial charge in [0, 0.05) is 25.6 Å². The molecule has 2 heterocycles. The van der Waals surface area contributed by atoms with Crippen LogP contribution in [0.25, 0.3) is 0 Å². The lowest BCUT2D eigenvalue weighted by Crippen LogP contribution is -2.43. The summed E-state index contributed by atoms with van der Waals surface area (Å²) < 4.78 is 16.9. The molecule has 1 aromatic heterocycles. The maximum atomic E-state index is 11.9. The molecule has 0 spiro atoms. The van der Waals surface area contributed by atoms with Crippen LogP contribution < -0.4 is 11.2 Å². The molecule has 0 saturated carbocycles. The van der Waals surface area contributed by atoms with Crippen LogP contribution in [0.5, 0.6) is 0 Å². The van der Waals surface area contributed by atoms with E-state index in [0.717, 1.165) is 0 Å². The standard InChI is InChI=1S/C15H18N2O7/c1-8-6-17(15(21)16-14(8)20)13-5-4-11(23-10(3)19)12(24-13)7-22-9(2)18/h4-6,11-13H,7H2,1-3H3,(H,16,20,21)/t11-,12+,13+/m0/s1. The van der Waals surface area contributed by atoms with Crippen LogP contribution in [0, 0.1) is 6.92 Å². The second-order valence-corrected chi connectivity index (χ2v) is 5.31. The molecule has 1 aliphatic heterocycles. The van der Waals surface area contributed by atoms with Crippen molar-refractivity contribution in [3.8, 4) is 0 Å². The molecule has 130 valence electrons. The molecule has 0 fully saturated rings. The fourth-order valence-electron chi connectivity index (χ4n) is 2.20. The Hall–Kier alpha value is -2.68. The molecule has 9 heteroatoms. The van der Waals surface area contributed by atoms with Crippen LogP contribution in [0.4, 0.5) is 0 Å². The molecule has 0 amide bonds. The molecule has 1 aliphatic rings. The molecule has 0 aliphatic carbocycles. The molecule has 0 bridgehead atoms. The van der Waals surface area contributed by atoms with Gasteiger partial charge in [0.15, 0.2) is 6.23 Å². The summed E-state index contributed by atoms with van der Waals surface area (Å²) in [4.78, 5) is 47.7. The third-order valence-electron chi connectivity index (χ3n) is 3.32. The summed E-state index contributed by atoms with van der Waals surface area (Å²) in [7, 11) is 0. The summed E-state index contributed by atoms with van der Waals surface area (Å²) in [5.41, 5.74) is -0.784. The molecular formula is C15H18N2O7. The first-order valence-corrected chi connectivity index (χ1v) is 7.24. The van der Waals surface area contributed by atoms with Gasteiger partial charge in [0.1, 0.15) is 18.8 Å². The molecule has 0 radical (unpaired) electrons. The third kappa shape index (κ3) is 4.19. The number of carbonyl (C=O) groups is 2. The van der Waals surface area contributed by atoms with Gasteiger partial charge in [-0.1, -0.05) is 0 Å². The third-order valence-corrected chi connectivity index (χ3v) is 3.32. The Morgan fingerprint density at radius 3 is 2.58 bits per heavy atom. The van der Waals surface area contributed by atoms with Crippen LogP contribution in [-0.4, -0.2) is 40.3 Å². The van der Waals surface area contributed by atoms with Gasteiger partial charge in [0.2, 0.25) is 0 Å². The number of hydrogen-bond donors (Lipinski definition) is 1. The van der Waals surface area contributed by atoms with Crippen LogP contribution in [0.15, 0.2) is 27.9 Å². The zero-order valence-corrected chi connectivity index (χ0v) is 13.5. The summed E-state index contributed by atoms with van der Waals surface area (Å²) in [5, 5.41) is 0. The summed E-state index contributed by atoms with van der Waals surface area (Å²) >= 11 is 0. The van der Waals surface area contributed by atoms with Crippen molar-refractivity contribution in [3.63, 3.8) is 0 Å². The van der Waals surface area contributed by atoms with Crippen LogP contribution >= 0.6 is 0 Å². The van der Waals surface area contributed by atoms with Gasteiger partial charge in [-0.3, -0.25) is 23.9 Å². The Balaban J connectivity index is 2.29. The highest BCUT2D eigenvalue weighted by atomic mass is 16.6. The van der Waals surface area contributed by atoms with Crippen molar-refractivity contribution >= 4 is 11.9 Å². The van der Waals surface area contributed by atoms with E-state index >= 15 is 0 Å². The Bertz CT molecular complexity index is 777. The van der Waals surface area contributed by atoms with E-state index in [1.54, 1.807) is 13.0 Å². The quantitative estimate of drug-likeness (QED) is 0.596. The van der Waals surface area contributed by atoms with Crippen molar-refractivity contribution in [2.45, 2.75) is 39.2 Å². The first-order valence-electron chi connectivity index (χ1n) is 7.24. The molecule has 1 aromatic rings. The van der Waals surface area contributed by atoms with Gasteiger partial charge in [-0.15, -0.1) is 0 Å². The van der Waals surface area contributed by atoms with Crippen molar-refractivity contribution in [3.05, 3.63) is 44.8 Å². The molecule has 3 atom stereocenters. The van der Waals surface area contributed by atoms with E-state index in [-0.39, 0.29) is 6.61 Å². The van der Waals surface area contributed by atoms with E-state index in [1.807, 2.05) is 0 Å². The zero-order valence-electron chi connectivity index (χ0n) is 13.5. The normalized spacial score (nSPS) is 22.9. The number of rotatable bonds is 4. The van der Waals surface area contributed by atoms with Gasteiger partial charge in [0.25, 0.3) is 5.56 Å². The van der Waals surface area contributed by atoms with Gasteiger partial charge in [-0.05, 0) is 19.1 Å². The van der Waals surface area contributed by atoms with Crippen LogP contribution in [0.2, 0.25) is 0 Å². The summed E-state index contributed by atoms with van der Waals surface area (Å²) in [6, 6.07) is 0. The molecule has 0 saturated heterocycles. The Kier molecular flexibility index (Phi) is 5.35.